The van der Waals surface area contributed by atoms with Crippen molar-refractivity contribution in [3.05, 3.63) is 53.2 Å². The van der Waals surface area contributed by atoms with Crippen molar-refractivity contribution >= 4 is 0 Å². The fraction of sp³-hybridized carbons (Fsp3) is 0.375. The second-order valence-electron chi connectivity index (χ2n) is 4.86. The molecule has 1 aromatic heterocycles. The van der Waals surface area contributed by atoms with Gasteiger partial charge in [-0.05, 0) is 26.0 Å². The molecule has 2 aromatic rings. The molecule has 0 amide bonds. The molecule has 1 unspecified atom stereocenters. The van der Waals surface area contributed by atoms with Gasteiger partial charge in [0.25, 0.3) is 0 Å². The van der Waals surface area contributed by atoms with Crippen LogP contribution in [0.5, 0.6) is 5.88 Å². The van der Waals surface area contributed by atoms with Crippen molar-refractivity contribution < 1.29 is 9.13 Å². The van der Waals surface area contributed by atoms with Crippen molar-refractivity contribution in [1.82, 2.24) is 15.3 Å². The number of methoxy groups -OCH3 is 1. The summed E-state index contributed by atoms with van der Waals surface area (Å²) >= 11 is 0. The number of hydrogen-bond donors (Lipinski definition) is 1. The van der Waals surface area contributed by atoms with E-state index in [1.807, 2.05) is 13.0 Å². The van der Waals surface area contributed by atoms with Gasteiger partial charge in [0.05, 0.1) is 13.2 Å². The van der Waals surface area contributed by atoms with Gasteiger partial charge in [0.2, 0.25) is 5.88 Å². The number of aryl methyl sites for hydroxylation is 1. The second kappa shape index (κ2) is 7.13. The van der Waals surface area contributed by atoms with Gasteiger partial charge in [0.1, 0.15) is 11.5 Å². The van der Waals surface area contributed by atoms with Crippen molar-refractivity contribution in [2.24, 2.45) is 0 Å². The summed E-state index contributed by atoms with van der Waals surface area (Å²) in [4.78, 5) is 8.49. The Labute approximate surface area is 124 Å². The Balaban J connectivity index is 2.49. The highest BCUT2D eigenvalue weighted by atomic mass is 19.1. The third kappa shape index (κ3) is 3.55. The molecule has 112 valence electrons. The van der Waals surface area contributed by atoms with Gasteiger partial charge in [-0.15, -0.1) is 0 Å². The minimum Gasteiger partial charge on any atom is -0.480 e. The number of nitrogens with zero attached hydrogens (tertiary/aromatic N) is 2. The Kier molecular flexibility index (Phi) is 5.22. The zero-order chi connectivity index (χ0) is 15.2. The number of aromatic nitrogens is 2. The summed E-state index contributed by atoms with van der Waals surface area (Å²) in [5.74, 6) is 0.147. The SMILES string of the molecule is CCCNC(c1cc(C)ccc1F)c1nccnc1OC. The number of benzene rings is 1. The van der Waals surface area contributed by atoms with Crippen LogP contribution in [0.2, 0.25) is 0 Å². The quantitative estimate of drug-likeness (QED) is 0.888. The molecule has 0 bridgehead atoms. The van der Waals surface area contributed by atoms with Crippen LogP contribution in [0.3, 0.4) is 0 Å². The fourth-order valence-electron chi connectivity index (χ4n) is 2.22. The molecular weight excluding hydrogens is 269 g/mol. The standard InChI is InChI=1S/C16H20FN3O/c1-4-7-18-14(12-10-11(2)5-6-13(12)17)15-16(21-3)20-9-8-19-15/h5-6,8-10,14,18H,4,7H2,1-3H3. The van der Waals surface area contributed by atoms with Gasteiger partial charge < -0.3 is 10.1 Å². The molecule has 1 heterocycles. The summed E-state index contributed by atoms with van der Waals surface area (Å²) < 4.78 is 19.5. The van der Waals surface area contributed by atoms with Crippen LogP contribution in [0.25, 0.3) is 0 Å². The number of halogens is 1. The maximum atomic E-state index is 14.2. The van der Waals surface area contributed by atoms with E-state index in [4.69, 9.17) is 4.74 Å². The maximum absolute atomic E-state index is 14.2. The normalized spacial score (nSPS) is 12.2. The first kappa shape index (κ1) is 15.4. The summed E-state index contributed by atoms with van der Waals surface area (Å²) in [6, 6.07) is 4.68. The maximum Gasteiger partial charge on any atom is 0.237 e. The van der Waals surface area contributed by atoms with E-state index in [2.05, 4.69) is 22.2 Å². The van der Waals surface area contributed by atoms with E-state index in [0.717, 1.165) is 18.5 Å². The average molecular weight is 289 g/mol. The number of nitrogens with one attached hydrogen (secondary N) is 1. The van der Waals surface area contributed by atoms with E-state index in [-0.39, 0.29) is 11.9 Å². The van der Waals surface area contributed by atoms with Crippen molar-refractivity contribution in [3.63, 3.8) is 0 Å². The summed E-state index contributed by atoms with van der Waals surface area (Å²) in [6.07, 6.45) is 4.09. The second-order valence-corrected chi connectivity index (χ2v) is 4.86. The highest BCUT2D eigenvalue weighted by Crippen LogP contribution is 2.28. The number of hydrogen-bond acceptors (Lipinski definition) is 4. The summed E-state index contributed by atoms with van der Waals surface area (Å²) in [7, 11) is 1.54. The van der Waals surface area contributed by atoms with Crippen molar-refractivity contribution in [2.75, 3.05) is 13.7 Å². The molecule has 21 heavy (non-hydrogen) atoms. The van der Waals surface area contributed by atoms with Gasteiger partial charge in [-0.3, -0.25) is 4.98 Å². The minimum atomic E-state index is -0.381. The molecule has 5 heteroatoms. The van der Waals surface area contributed by atoms with E-state index in [0.29, 0.717) is 17.1 Å². The summed E-state index contributed by atoms with van der Waals surface area (Å²) in [5.41, 5.74) is 2.15. The summed E-state index contributed by atoms with van der Waals surface area (Å²) in [6.45, 7) is 4.75. The fourth-order valence-corrected chi connectivity index (χ4v) is 2.22. The van der Waals surface area contributed by atoms with Crippen LogP contribution < -0.4 is 10.1 Å². The Morgan fingerprint density at radius 1 is 1.29 bits per heavy atom. The van der Waals surface area contributed by atoms with Crippen LogP contribution in [0.4, 0.5) is 4.39 Å². The van der Waals surface area contributed by atoms with Crippen LogP contribution >= 0.6 is 0 Å². The molecule has 0 saturated heterocycles. The lowest BCUT2D eigenvalue weighted by Gasteiger charge is -2.20. The molecule has 1 aromatic carbocycles. The number of ether oxygens (including phenoxy) is 1. The first-order chi connectivity index (χ1) is 10.2. The third-order valence-corrected chi connectivity index (χ3v) is 3.22. The minimum absolute atomic E-state index is 0.262. The molecule has 0 spiro atoms. The van der Waals surface area contributed by atoms with Crippen LogP contribution in [0.15, 0.2) is 30.6 Å². The van der Waals surface area contributed by atoms with Gasteiger partial charge >= 0.3 is 0 Å². The van der Waals surface area contributed by atoms with Crippen LogP contribution in [0.1, 0.15) is 36.2 Å². The predicted octanol–water partition coefficient (Wildman–Crippen LogP) is 3.02. The van der Waals surface area contributed by atoms with Gasteiger partial charge in [0, 0.05) is 18.0 Å². The molecule has 1 atom stereocenters. The molecule has 0 aliphatic carbocycles. The van der Waals surface area contributed by atoms with Crippen LogP contribution in [-0.4, -0.2) is 23.6 Å². The van der Waals surface area contributed by atoms with Crippen LogP contribution in [0, 0.1) is 12.7 Å². The first-order valence-corrected chi connectivity index (χ1v) is 7.01. The lowest BCUT2D eigenvalue weighted by molar-refractivity contribution is 0.381. The Hall–Kier alpha value is -2.01. The average Bonchev–Trinajstić information content (AvgIpc) is 2.51. The highest BCUT2D eigenvalue weighted by molar-refractivity contribution is 5.35. The molecular formula is C16H20FN3O. The van der Waals surface area contributed by atoms with E-state index in [1.165, 1.54) is 13.2 Å². The zero-order valence-corrected chi connectivity index (χ0v) is 12.6. The lowest BCUT2D eigenvalue weighted by Crippen LogP contribution is -2.26. The zero-order valence-electron chi connectivity index (χ0n) is 12.6. The van der Waals surface area contributed by atoms with Crippen molar-refractivity contribution in [3.8, 4) is 5.88 Å². The molecule has 0 aliphatic heterocycles. The number of rotatable bonds is 6. The molecule has 0 fully saturated rings. The van der Waals surface area contributed by atoms with Gasteiger partial charge in [-0.2, -0.15) is 0 Å². The highest BCUT2D eigenvalue weighted by Gasteiger charge is 2.23. The lowest BCUT2D eigenvalue weighted by atomic mass is 10.0. The topological polar surface area (TPSA) is 47.0 Å². The van der Waals surface area contributed by atoms with Gasteiger partial charge in [-0.25, -0.2) is 9.37 Å². The monoisotopic (exact) mass is 289 g/mol. The molecule has 0 saturated carbocycles. The molecule has 0 aliphatic rings. The van der Waals surface area contributed by atoms with Crippen molar-refractivity contribution in [1.29, 1.82) is 0 Å². The summed E-state index contributed by atoms with van der Waals surface area (Å²) in [5, 5.41) is 3.32. The molecule has 0 radical (unpaired) electrons. The first-order valence-electron chi connectivity index (χ1n) is 7.01. The van der Waals surface area contributed by atoms with Gasteiger partial charge in [0.15, 0.2) is 0 Å². The van der Waals surface area contributed by atoms with E-state index in [9.17, 15) is 4.39 Å². The molecule has 1 N–H and O–H groups in total. The largest absolute Gasteiger partial charge is 0.480 e. The van der Waals surface area contributed by atoms with Gasteiger partial charge in [-0.1, -0.05) is 24.6 Å². The smallest absolute Gasteiger partial charge is 0.237 e. The Bertz CT molecular complexity index is 604. The Morgan fingerprint density at radius 2 is 2.05 bits per heavy atom. The van der Waals surface area contributed by atoms with E-state index >= 15 is 0 Å². The third-order valence-electron chi connectivity index (χ3n) is 3.22. The van der Waals surface area contributed by atoms with E-state index in [1.54, 1.807) is 18.5 Å². The predicted molar refractivity (Wildman–Crippen MR) is 79.9 cm³/mol. The van der Waals surface area contributed by atoms with E-state index < -0.39 is 0 Å². The Morgan fingerprint density at radius 3 is 2.76 bits per heavy atom. The molecule has 2 rings (SSSR count). The van der Waals surface area contributed by atoms with Crippen LogP contribution in [-0.2, 0) is 0 Å². The van der Waals surface area contributed by atoms with Crippen molar-refractivity contribution in [2.45, 2.75) is 26.3 Å². The molecule has 4 nitrogen and oxygen atoms in total.